The third-order valence-corrected chi connectivity index (χ3v) is 3.14. The van der Waals surface area contributed by atoms with Crippen LogP contribution in [0.4, 0.5) is 5.69 Å². The lowest BCUT2D eigenvalue weighted by Gasteiger charge is -2.23. The fraction of sp³-hybridized carbons (Fsp3) is 0.643. The molecule has 18 heavy (non-hydrogen) atoms. The quantitative estimate of drug-likeness (QED) is 0.891. The second-order valence-corrected chi connectivity index (χ2v) is 5.17. The monoisotopic (exact) mass is 250 g/mol. The van der Waals surface area contributed by atoms with Gasteiger partial charge >= 0.3 is 0 Å². The van der Waals surface area contributed by atoms with Crippen LogP contribution in [0.25, 0.3) is 0 Å². The van der Waals surface area contributed by atoms with Gasteiger partial charge in [0.1, 0.15) is 5.69 Å². The second kappa shape index (κ2) is 6.05. The van der Waals surface area contributed by atoms with Gasteiger partial charge in [-0.15, -0.1) is 0 Å². The Morgan fingerprint density at radius 1 is 1.50 bits per heavy atom. The van der Waals surface area contributed by atoms with E-state index in [4.69, 9.17) is 4.74 Å². The van der Waals surface area contributed by atoms with Crippen molar-refractivity contribution in [2.75, 3.05) is 11.9 Å². The van der Waals surface area contributed by atoms with Crippen molar-refractivity contribution in [3.8, 4) is 0 Å². The van der Waals surface area contributed by atoms with Gasteiger partial charge in [-0.3, -0.25) is 4.79 Å². The van der Waals surface area contributed by atoms with E-state index in [2.05, 4.69) is 5.32 Å². The molecule has 0 aliphatic carbocycles. The van der Waals surface area contributed by atoms with E-state index >= 15 is 0 Å². The first-order chi connectivity index (χ1) is 8.66. The Balaban J connectivity index is 2.10. The molecule has 4 heteroatoms. The van der Waals surface area contributed by atoms with Gasteiger partial charge in [-0.1, -0.05) is 0 Å². The normalized spacial score (nSPS) is 20.1. The highest BCUT2D eigenvalue weighted by atomic mass is 16.5. The predicted octanol–water partition coefficient (Wildman–Crippen LogP) is 2.24. The van der Waals surface area contributed by atoms with E-state index in [1.165, 1.54) is 6.42 Å². The van der Waals surface area contributed by atoms with Crippen molar-refractivity contribution in [1.82, 2.24) is 4.57 Å². The number of ether oxygens (including phenoxy) is 1. The minimum atomic E-state index is 0.0420. The van der Waals surface area contributed by atoms with Crippen LogP contribution < -0.4 is 10.9 Å². The maximum atomic E-state index is 12.2. The Labute approximate surface area is 108 Å². The van der Waals surface area contributed by atoms with E-state index < -0.39 is 0 Å². The molecule has 2 rings (SSSR count). The lowest BCUT2D eigenvalue weighted by molar-refractivity contribution is 0.00546. The van der Waals surface area contributed by atoms with Crippen LogP contribution in [0.15, 0.2) is 23.1 Å². The van der Waals surface area contributed by atoms with Crippen LogP contribution in [0.1, 0.15) is 33.1 Å². The Bertz CT molecular complexity index is 434. The van der Waals surface area contributed by atoms with Gasteiger partial charge in [0.05, 0.1) is 12.6 Å². The molecule has 1 aromatic rings. The molecule has 0 bridgehead atoms. The summed E-state index contributed by atoms with van der Waals surface area (Å²) in [5, 5.41) is 3.18. The van der Waals surface area contributed by atoms with Crippen molar-refractivity contribution in [3.05, 3.63) is 28.7 Å². The molecule has 1 aliphatic heterocycles. The molecule has 0 unspecified atom stereocenters. The lowest BCUT2D eigenvalue weighted by atomic mass is 10.1. The maximum absolute atomic E-state index is 12.2. The standard InChI is InChI=1S/C14H22N2O2/c1-11(2)15-13-7-5-8-16(14(13)17)10-12-6-3-4-9-18-12/h5,7-8,11-12,15H,3-4,6,9-10H2,1-2H3/t12-/m0/s1. The highest BCUT2D eigenvalue weighted by molar-refractivity contribution is 5.40. The summed E-state index contributed by atoms with van der Waals surface area (Å²) < 4.78 is 7.43. The molecular weight excluding hydrogens is 228 g/mol. The lowest BCUT2D eigenvalue weighted by Crippen LogP contribution is -2.32. The molecule has 1 atom stereocenters. The van der Waals surface area contributed by atoms with Crippen LogP contribution in [0.3, 0.4) is 0 Å². The summed E-state index contributed by atoms with van der Waals surface area (Å²) in [7, 11) is 0. The third kappa shape index (κ3) is 3.35. The zero-order chi connectivity index (χ0) is 13.0. The molecule has 1 aliphatic rings. The fourth-order valence-electron chi connectivity index (χ4n) is 2.27. The minimum absolute atomic E-state index is 0.0420. The number of anilines is 1. The summed E-state index contributed by atoms with van der Waals surface area (Å²) >= 11 is 0. The number of nitrogens with one attached hydrogen (secondary N) is 1. The van der Waals surface area contributed by atoms with E-state index in [9.17, 15) is 4.79 Å². The first-order valence-corrected chi connectivity index (χ1v) is 6.74. The van der Waals surface area contributed by atoms with Gasteiger partial charge in [0.15, 0.2) is 0 Å². The fourth-order valence-corrected chi connectivity index (χ4v) is 2.27. The molecule has 4 nitrogen and oxygen atoms in total. The summed E-state index contributed by atoms with van der Waals surface area (Å²) in [5.74, 6) is 0. The molecular formula is C14H22N2O2. The Hall–Kier alpha value is -1.29. The molecule has 1 fully saturated rings. The van der Waals surface area contributed by atoms with Gasteiger partial charge in [-0.2, -0.15) is 0 Å². The topological polar surface area (TPSA) is 43.3 Å². The summed E-state index contributed by atoms with van der Waals surface area (Å²) in [4.78, 5) is 12.2. The van der Waals surface area contributed by atoms with Crippen LogP contribution >= 0.6 is 0 Å². The zero-order valence-corrected chi connectivity index (χ0v) is 11.2. The van der Waals surface area contributed by atoms with Gasteiger partial charge in [0.2, 0.25) is 0 Å². The van der Waals surface area contributed by atoms with Crippen LogP contribution in [-0.4, -0.2) is 23.3 Å². The largest absolute Gasteiger partial charge is 0.378 e. The van der Waals surface area contributed by atoms with Gasteiger partial charge in [-0.25, -0.2) is 0 Å². The number of aromatic nitrogens is 1. The number of hydrogen-bond donors (Lipinski definition) is 1. The predicted molar refractivity (Wildman–Crippen MR) is 73.1 cm³/mol. The first kappa shape index (κ1) is 13.1. The highest BCUT2D eigenvalue weighted by Crippen LogP contribution is 2.14. The number of rotatable bonds is 4. The van der Waals surface area contributed by atoms with E-state index in [0.717, 1.165) is 19.4 Å². The molecule has 100 valence electrons. The van der Waals surface area contributed by atoms with Crippen LogP contribution in [0, 0.1) is 0 Å². The van der Waals surface area contributed by atoms with Crippen LogP contribution in [0.5, 0.6) is 0 Å². The summed E-state index contributed by atoms with van der Waals surface area (Å²) in [6, 6.07) is 4.01. The molecule has 1 aromatic heterocycles. The average Bonchev–Trinajstić information content (AvgIpc) is 2.35. The zero-order valence-electron chi connectivity index (χ0n) is 11.2. The second-order valence-electron chi connectivity index (χ2n) is 5.17. The average molecular weight is 250 g/mol. The van der Waals surface area contributed by atoms with Crippen LogP contribution in [0.2, 0.25) is 0 Å². The van der Waals surface area contributed by atoms with Crippen molar-refractivity contribution in [1.29, 1.82) is 0 Å². The smallest absolute Gasteiger partial charge is 0.273 e. The summed E-state index contributed by atoms with van der Waals surface area (Å²) in [5.41, 5.74) is 0.712. The van der Waals surface area contributed by atoms with Gasteiger partial charge < -0.3 is 14.6 Å². The van der Waals surface area contributed by atoms with Gasteiger partial charge in [0.25, 0.3) is 5.56 Å². The molecule has 0 aromatic carbocycles. The van der Waals surface area contributed by atoms with Crippen LogP contribution in [-0.2, 0) is 11.3 Å². The number of pyridine rings is 1. The molecule has 1 saturated heterocycles. The van der Waals surface area contributed by atoms with Crippen molar-refractivity contribution in [3.63, 3.8) is 0 Å². The molecule has 1 N–H and O–H groups in total. The van der Waals surface area contributed by atoms with Gasteiger partial charge in [0, 0.05) is 18.8 Å². The summed E-state index contributed by atoms with van der Waals surface area (Å²) in [6.45, 7) is 5.54. The molecule has 0 saturated carbocycles. The molecule has 0 amide bonds. The van der Waals surface area contributed by atoms with Crippen molar-refractivity contribution < 1.29 is 4.74 Å². The summed E-state index contributed by atoms with van der Waals surface area (Å²) in [6.07, 6.45) is 5.41. The molecule has 0 spiro atoms. The van der Waals surface area contributed by atoms with Crippen molar-refractivity contribution >= 4 is 5.69 Å². The highest BCUT2D eigenvalue weighted by Gasteiger charge is 2.15. The van der Waals surface area contributed by atoms with E-state index in [0.29, 0.717) is 12.2 Å². The van der Waals surface area contributed by atoms with E-state index in [-0.39, 0.29) is 17.7 Å². The number of nitrogens with zero attached hydrogens (tertiary/aromatic N) is 1. The molecule has 0 radical (unpaired) electrons. The Kier molecular flexibility index (Phi) is 4.42. The van der Waals surface area contributed by atoms with E-state index in [1.54, 1.807) is 4.57 Å². The third-order valence-electron chi connectivity index (χ3n) is 3.14. The van der Waals surface area contributed by atoms with E-state index in [1.807, 2.05) is 32.2 Å². The van der Waals surface area contributed by atoms with Gasteiger partial charge in [-0.05, 0) is 45.2 Å². The SMILES string of the molecule is CC(C)Nc1cccn(C[C@@H]2CCCCO2)c1=O. The first-order valence-electron chi connectivity index (χ1n) is 6.74. The Morgan fingerprint density at radius 3 is 3.00 bits per heavy atom. The van der Waals surface area contributed by atoms with Crippen molar-refractivity contribution in [2.45, 2.75) is 51.8 Å². The Morgan fingerprint density at radius 2 is 2.33 bits per heavy atom. The maximum Gasteiger partial charge on any atom is 0.273 e. The van der Waals surface area contributed by atoms with Crippen molar-refractivity contribution in [2.24, 2.45) is 0 Å². The minimum Gasteiger partial charge on any atom is -0.378 e. The number of hydrogen-bond acceptors (Lipinski definition) is 3. The molecule has 2 heterocycles.